The smallest absolute Gasteiger partial charge is 0.253 e. The van der Waals surface area contributed by atoms with Crippen molar-refractivity contribution in [3.05, 3.63) is 47.1 Å². The van der Waals surface area contributed by atoms with Gasteiger partial charge < -0.3 is 5.32 Å². The van der Waals surface area contributed by atoms with Crippen LogP contribution in [0.2, 0.25) is 0 Å². The number of allylic oxidation sites excluding steroid dienone is 1. The molecule has 0 spiro atoms. The lowest BCUT2D eigenvalue weighted by molar-refractivity contribution is 0.0926. The summed E-state index contributed by atoms with van der Waals surface area (Å²) in [6.45, 7) is 3.65. The maximum Gasteiger partial charge on any atom is 0.253 e. The third-order valence-corrected chi connectivity index (χ3v) is 5.32. The third-order valence-electron chi connectivity index (χ3n) is 3.89. The van der Waals surface area contributed by atoms with Gasteiger partial charge in [-0.2, -0.15) is 0 Å². The largest absolute Gasteiger partial charge is 0.348 e. The van der Waals surface area contributed by atoms with Crippen molar-refractivity contribution in [1.29, 1.82) is 0 Å². The average Bonchev–Trinajstić information content (AvgIpc) is 2.87. The summed E-state index contributed by atoms with van der Waals surface area (Å²) < 4.78 is 27.9. The van der Waals surface area contributed by atoms with Crippen LogP contribution in [0.5, 0.6) is 0 Å². The molecule has 3 atom stereocenters. The van der Waals surface area contributed by atoms with Gasteiger partial charge in [0.25, 0.3) is 5.91 Å². The number of rotatable bonds is 2. The summed E-state index contributed by atoms with van der Waals surface area (Å²) in [7, 11) is 0. The maximum atomic E-state index is 13.7. The van der Waals surface area contributed by atoms with Gasteiger partial charge in [0.15, 0.2) is 0 Å². The van der Waals surface area contributed by atoms with E-state index in [1.807, 2.05) is 0 Å². The molecule has 3 rings (SSSR count). The normalized spacial score (nSPS) is 25.4. The highest BCUT2D eigenvalue weighted by molar-refractivity contribution is 7.17. The van der Waals surface area contributed by atoms with E-state index in [9.17, 15) is 13.6 Å². The number of halogens is 3. The summed E-state index contributed by atoms with van der Waals surface area (Å²) in [5.41, 5.74) is 0.858. The van der Waals surface area contributed by atoms with Crippen LogP contribution in [0.4, 0.5) is 8.78 Å². The van der Waals surface area contributed by atoms with Gasteiger partial charge in [-0.15, -0.1) is 22.9 Å². The molecular weight excluding hydrogens is 328 g/mol. The van der Waals surface area contributed by atoms with Gasteiger partial charge in [0.2, 0.25) is 0 Å². The van der Waals surface area contributed by atoms with Crippen molar-refractivity contribution < 1.29 is 13.6 Å². The van der Waals surface area contributed by atoms with E-state index < -0.39 is 18.0 Å². The van der Waals surface area contributed by atoms with Crippen molar-refractivity contribution in [3.8, 4) is 0 Å². The first kappa shape index (κ1) is 15.4. The molecule has 1 aliphatic rings. The Balaban J connectivity index is 1.81. The number of hydrogen-bond donors (Lipinski definition) is 1. The number of benzene rings is 1. The van der Waals surface area contributed by atoms with Crippen molar-refractivity contribution in [2.75, 3.05) is 0 Å². The molecule has 0 radical (unpaired) electrons. The lowest BCUT2D eigenvalue weighted by Crippen LogP contribution is -2.46. The SMILES string of the molecule is C=C1CC(Cl)C(NC(=O)c2csc3ccc(F)cc23)CC1F. The molecule has 1 aromatic heterocycles. The Morgan fingerprint density at radius 1 is 1.45 bits per heavy atom. The fourth-order valence-corrected chi connectivity index (χ4v) is 3.92. The zero-order valence-electron chi connectivity index (χ0n) is 11.6. The topological polar surface area (TPSA) is 29.1 Å². The van der Waals surface area contributed by atoms with Gasteiger partial charge in [0.1, 0.15) is 12.0 Å². The van der Waals surface area contributed by atoms with Crippen LogP contribution in [0.1, 0.15) is 23.2 Å². The molecule has 22 heavy (non-hydrogen) atoms. The number of fused-ring (bicyclic) bond motifs is 1. The van der Waals surface area contributed by atoms with Crippen molar-refractivity contribution in [2.24, 2.45) is 0 Å². The minimum absolute atomic E-state index is 0.120. The monoisotopic (exact) mass is 341 g/mol. The first-order valence-corrected chi connectivity index (χ1v) is 8.20. The Morgan fingerprint density at radius 2 is 2.23 bits per heavy atom. The molecule has 0 saturated heterocycles. The number of nitrogens with one attached hydrogen (secondary N) is 1. The van der Waals surface area contributed by atoms with E-state index >= 15 is 0 Å². The minimum atomic E-state index is -1.16. The maximum absolute atomic E-state index is 13.7. The molecule has 6 heteroatoms. The minimum Gasteiger partial charge on any atom is -0.348 e. The third kappa shape index (κ3) is 2.88. The first-order valence-electron chi connectivity index (χ1n) is 6.89. The lowest BCUT2D eigenvalue weighted by Gasteiger charge is -2.31. The lowest BCUT2D eigenvalue weighted by atomic mass is 9.89. The van der Waals surface area contributed by atoms with Crippen LogP contribution >= 0.6 is 22.9 Å². The molecule has 1 heterocycles. The van der Waals surface area contributed by atoms with E-state index in [0.29, 0.717) is 22.9 Å². The van der Waals surface area contributed by atoms with Crippen LogP contribution in [-0.4, -0.2) is 23.5 Å². The van der Waals surface area contributed by atoms with E-state index in [-0.39, 0.29) is 17.7 Å². The highest BCUT2D eigenvalue weighted by atomic mass is 35.5. The number of hydrogen-bond acceptors (Lipinski definition) is 2. The fourth-order valence-electron chi connectivity index (χ4n) is 2.63. The van der Waals surface area contributed by atoms with E-state index in [1.54, 1.807) is 11.4 Å². The van der Waals surface area contributed by atoms with Gasteiger partial charge >= 0.3 is 0 Å². The Bertz CT molecular complexity index is 745. The number of alkyl halides is 2. The van der Waals surface area contributed by atoms with Crippen molar-refractivity contribution in [3.63, 3.8) is 0 Å². The van der Waals surface area contributed by atoms with Gasteiger partial charge in [-0.05, 0) is 30.2 Å². The second-order valence-corrected chi connectivity index (χ2v) is 6.92. The van der Waals surface area contributed by atoms with Crippen LogP contribution in [0.15, 0.2) is 35.7 Å². The predicted octanol–water partition coefficient (Wildman–Crippen LogP) is 4.43. The Hall–Kier alpha value is -1.46. The van der Waals surface area contributed by atoms with Gasteiger partial charge in [-0.25, -0.2) is 8.78 Å². The number of amides is 1. The second-order valence-electron chi connectivity index (χ2n) is 5.45. The average molecular weight is 342 g/mol. The summed E-state index contributed by atoms with van der Waals surface area (Å²) in [6, 6.07) is 3.87. The second kappa shape index (κ2) is 5.97. The Kier molecular flexibility index (Phi) is 4.19. The van der Waals surface area contributed by atoms with Crippen LogP contribution < -0.4 is 5.32 Å². The summed E-state index contributed by atoms with van der Waals surface area (Å²) in [5.74, 6) is -0.750. The molecule has 0 aliphatic heterocycles. The number of carbonyl (C=O) groups excluding carboxylic acids is 1. The fraction of sp³-hybridized carbons (Fsp3) is 0.312. The highest BCUT2D eigenvalue weighted by Gasteiger charge is 2.33. The standard InChI is InChI=1S/C16H14ClF2NOS/c1-8-4-12(17)14(6-13(8)19)20-16(21)11-7-22-15-3-2-9(18)5-10(11)15/h2-3,5,7,12-14H,1,4,6H2,(H,20,21). The van der Waals surface area contributed by atoms with Gasteiger partial charge in [0, 0.05) is 27.9 Å². The summed E-state index contributed by atoms with van der Waals surface area (Å²) in [4.78, 5) is 12.4. The van der Waals surface area contributed by atoms with Gasteiger partial charge in [0.05, 0.1) is 10.9 Å². The highest BCUT2D eigenvalue weighted by Crippen LogP contribution is 2.31. The van der Waals surface area contributed by atoms with Crippen LogP contribution in [0, 0.1) is 5.82 Å². The Morgan fingerprint density at radius 3 is 3.00 bits per heavy atom. The van der Waals surface area contributed by atoms with Crippen molar-refractivity contribution >= 4 is 38.9 Å². The molecule has 0 bridgehead atoms. The molecule has 116 valence electrons. The molecule has 2 nitrogen and oxygen atoms in total. The molecule has 2 aromatic rings. The predicted molar refractivity (Wildman–Crippen MR) is 85.9 cm³/mol. The number of carbonyl (C=O) groups is 1. The zero-order chi connectivity index (χ0) is 15.9. The van der Waals surface area contributed by atoms with Crippen LogP contribution in [0.3, 0.4) is 0 Å². The molecule has 1 saturated carbocycles. The first-order chi connectivity index (χ1) is 10.5. The Labute approximate surface area is 135 Å². The number of thiophene rings is 1. The van der Waals surface area contributed by atoms with E-state index in [4.69, 9.17) is 11.6 Å². The molecule has 1 fully saturated rings. The zero-order valence-corrected chi connectivity index (χ0v) is 13.2. The van der Waals surface area contributed by atoms with Gasteiger partial charge in [-0.1, -0.05) is 6.58 Å². The molecule has 1 aromatic carbocycles. The van der Waals surface area contributed by atoms with Crippen LogP contribution in [-0.2, 0) is 0 Å². The molecule has 1 N–H and O–H groups in total. The quantitative estimate of drug-likeness (QED) is 0.635. The van der Waals surface area contributed by atoms with Gasteiger partial charge in [-0.3, -0.25) is 4.79 Å². The summed E-state index contributed by atoms with van der Waals surface area (Å²) in [5, 5.41) is 4.62. The van der Waals surface area contributed by atoms with E-state index in [2.05, 4.69) is 11.9 Å². The molecule has 3 unspecified atom stereocenters. The summed E-state index contributed by atoms with van der Waals surface area (Å²) in [6.07, 6.45) is -0.695. The van der Waals surface area contributed by atoms with Crippen molar-refractivity contribution in [1.82, 2.24) is 5.32 Å². The molecule has 1 amide bonds. The van der Waals surface area contributed by atoms with E-state index in [1.165, 1.54) is 23.5 Å². The molecular formula is C16H14ClF2NOS. The summed E-state index contributed by atoms with van der Waals surface area (Å²) >= 11 is 7.56. The van der Waals surface area contributed by atoms with E-state index in [0.717, 1.165) is 4.70 Å². The van der Waals surface area contributed by atoms with Crippen molar-refractivity contribution in [2.45, 2.75) is 30.4 Å². The van der Waals surface area contributed by atoms with Crippen LogP contribution in [0.25, 0.3) is 10.1 Å². The molecule has 1 aliphatic carbocycles.